The summed E-state index contributed by atoms with van der Waals surface area (Å²) >= 11 is 0. The van der Waals surface area contributed by atoms with Gasteiger partial charge in [-0.05, 0) is 97.1 Å². The summed E-state index contributed by atoms with van der Waals surface area (Å²) in [5.41, 5.74) is 12.7. The van der Waals surface area contributed by atoms with E-state index in [4.69, 9.17) is 20.9 Å². The Hall–Kier alpha value is -3.82. The number of hydrogen-bond acceptors (Lipinski definition) is 5. The van der Waals surface area contributed by atoms with Gasteiger partial charge in [0.25, 0.3) is 0 Å². The third-order valence-corrected chi connectivity index (χ3v) is 5.91. The summed E-state index contributed by atoms with van der Waals surface area (Å²) in [7, 11) is -1.72. The van der Waals surface area contributed by atoms with Crippen molar-refractivity contribution in [1.82, 2.24) is 0 Å². The first-order valence-electron chi connectivity index (χ1n) is 9.31. The Balaban J connectivity index is 1.42. The Morgan fingerprint density at radius 2 is 0.733 bits per heavy atom. The highest BCUT2D eigenvalue weighted by Gasteiger charge is 2.23. The predicted molar refractivity (Wildman–Crippen MR) is 122 cm³/mol. The van der Waals surface area contributed by atoms with E-state index in [0.29, 0.717) is 34.4 Å². The van der Waals surface area contributed by atoms with Crippen LogP contribution in [0.25, 0.3) is 0 Å². The quantitative estimate of drug-likeness (QED) is 0.333. The number of rotatable bonds is 6. The fourth-order valence-corrected chi connectivity index (χ4v) is 3.93. The van der Waals surface area contributed by atoms with Crippen LogP contribution in [0.5, 0.6) is 23.0 Å². The van der Waals surface area contributed by atoms with Gasteiger partial charge in [0, 0.05) is 11.4 Å². The number of nitrogens with two attached hydrogens (primary N) is 2. The van der Waals surface area contributed by atoms with Gasteiger partial charge in [-0.15, -0.1) is 0 Å². The van der Waals surface area contributed by atoms with Crippen LogP contribution >= 0.6 is 7.80 Å². The molecule has 0 bridgehead atoms. The van der Waals surface area contributed by atoms with E-state index < -0.39 is 7.80 Å². The Morgan fingerprint density at radius 1 is 0.467 bits per heavy atom. The van der Waals surface area contributed by atoms with Gasteiger partial charge in [0.2, 0.25) is 0 Å². The van der Waals surface area contributed by atoms with Gasteiger partial charge in [0.05, 0.1) is 0 Å². The second kappa shape index (κ2) is 8.68. The van der Waals surface area contributed by atoms with E-state index in [0.717, 1.165) is 10.6 Å². The van der Waals surface area contributed by atoms with Gasteiger partial charge in [-0.1, -0.05) is 4.57 Å². The molecule has 0 aliphatic rings. The molecule has 0 aliphatic heterocycles. The average Bonchev–Trinajstić information content (AvgIpc) is 2.77. The normalized spacial score (nSPS) is 10.4. The minimum Gasteiger partial charge on any atom is -0.457 e. The molecule has 0 spiro atoms. The van der Waals surface area contributed by atoms with Crippen molar-refractivity contribution in [3.8, 4) is 23.0 Å². The topological polar surface area (TPSA) is 87.6 Å². The van der Waals surface area contributed by atoms with Crippen LogP contribution < -0.4 is 31.6 Å². The van der Waals surface area contributed by atoms with Crippen molar-refractivity contribution < 1.29 is 14.0 Å². The fraction of sp³-hybridized carbons (Fsp3) is 0. The van der Waals surface area contributed by atoms with Crippen LogP contribution in [0.4, 0.5) is 11.4 Å². The summed E-state index contributed by atoms with van der Waals surface area (Å²) in [5, 5.41) is 1.45. The molecule has 6 heteroatoms. The molecule has 0 aromatic heterocycles. The smallest absolute Gasteiger partial charge is 0.415 e. The molecule has 0 fully saturated rings. The van der Waals surface area contributed by atoms with Gasteiger partial charge >= 0.3 is 7.80 Å². The molecular weight excluding hydrogens is 395 g/mol. The van der Waals surface area contributed by atoms with Gasteiger partial charge in [0.1, 0.15) is 23.0 Å². The number of nitrogen functional groups attached to an aromatic ring is 2. The summed E-state index contributed by atoms with van der Waals surface area (Å²) in [5.74, 6) is 2.72. The van der Waals surface area contributed by atoms with E-state index >= 15 is 0 Å². The lowest BCUT2D eigenvalue weighted by molar-refractivity contribution is 0.482. The molecular formula is C24H20N2O3P+. The minimum atomic E-state index is -1.72. The van der Waals surface area contributed by atoms with E-state index in [1.165, 1.54) is 0 Å². The first kappa shape index (κ1) is 19.5. The SMILES string of the molecule is Nc1ccc(Oc2ccc([P+](=O)c3ccc(Oc4ccc(N)cc4)cc3)cc2)cc1. The average molecular weight is 415 g/mol. The summed E-state index contributed by atoms with van der Waals surface area (Å²) in [6.07, 6.45) is 0. The molecule has 4 N–H and O–H groups in total. The first-order chi connectivity index (χ1) is 14.6. The van der Waals surface area contributed by atoms with Crippen LogP contribution in [0.3, 0.4) is 0 Å². The largest absolute Gasteiger partial charge is 0.457 e. The van der Waals surface area contributed by atoms with Crippen molar-refractivity contribution in [3.05, 3.63) is 97.1 Å². The van der Waals surface area contributed by atoms with E-state index in [2.05, 4.69) is 0 Å². The number of hydrogen-bond donors (Lipinski definition) is 2. The van der Waals surface area contributed by atoms with Gasteiger partial charge < -0.3 is 20.9 Å². The Morgan fingerprint density at radius 3 is 1.03 bits per heavy atom. The standard InChI is InChI=1S/C24H20N2O3P/c25-17-1-5-19(6-2-17)28-21-9-13-23(14-10-21)30(27)24-15-11-22(12-16-24)29-20-7-3-18(26)4-8-20/h1-16H,25-26H2/q+1. The lowest BCUT2D eigenvalue weighted by atomic mass is 10.3. The van der Waals surface area contributed by atoms with Crippen LogP contribution in [0.15, 0.2) is 97.1 Å². The molecule has 0 heterocycles. The molecule has 0 aliphatic carbocycles. The third kappa shape index (κ3) is 4.77. The molecule has 0 saturated carbocycles. The number of benzene rings is 4. The summed E-state index contributed by atoms with van der Waals surface area (Å²) in [6, 6.07) is 28.8. The molecule has 0 amide bonds. The molecule has 0 saturated heterocycles. The summed E-state index contributed by atoms with van der Waals surface area (Å²) < 4.78 is 24.5. The zero-order valence-electron chi connectivity index (χ0n) is 16.1. The highest BCUT2D eigenvalue weighted by atomic mass is 31.1. The Labute approximate surface area is 175 Å². The molecule has 4 aromatic rings. The highest BCUT2D eigenvalue weighted by Crippen LogP contribution is 2.27. The van der Waals surface area contributed by atoms with E-state index in [-0.39, 0.29) is 0 Å². The monoisotopic (exact) mass is 415 g/mol. The maximum atomic E-state index is 12.9. The maximum Gasteiger partial charge on any atom is 0.415 e. The zero-order chi connectivity index (χ0) is 20.9. The van der Waals surface area contributed by atoms with Crippen LogP contribution in [0.2, 0.25) is 0 Å². The molecule has 5 nitrogen and oxygen atoms in total. The summed E-state index contributed by atoms with van der Waals surface area (Å²) in [4.78, 5) is 0. The molecule has 0 radical (unpaired) electrons. The molecule has 0 atom stereocenters. The van der Waals surface area contributed by atoms with E-state index in [9.17, 15) is 4.57 Å². The molecule has 4 rings (SSSR count). The number of ether oxygens (including phenoxy) is 2. The maximum absolute atomic E-state index is 12.9. The lowest BCUT2D eigenvalue weighted by Crippen LogP contribution is -2.06. The fourth-order valence-electron chi connectivity index (χ4n) is 2.79. The van der Waals surface area contributed by atoms with Gasteiger partial charge in [0.15, 0.2) is 10.6 Å². The third-order valence-electron chi connectivity index (χ3n) is 4.37. The zero-order valence-corrected chi connectivity index (χ0v) is 17.0. The van der Waals surface area contributed by atoms with Gasteiger partial charge in [-0.3, -0.25) is 0 Å². The minimum absolute atomic E-state index is 0.666. The first-order valence-corrected chi connectivity index (χ1v) is 10.6. The van der Waals surface area contributed by atoms with Gasteiger partial charge in [-0.25, -0.2) is 0 Å². The second-order valence-electron chi connectivity index (χ2n) is 6.62. The van der Waals surface area contributed by atoms with Crippen LogP contribution in [0, 0.1) is 0 Å². The van der Waals surface area contributed by atoms with E-state index in [1.54, 1.807) is 72.8 Å². The predicted octanol–water partition coefficient (Wildman–Crippen LogP) is 5.21. The summed E-state index contributed by atoms with van der Waals surface area (Å²) in [6.45, 7) is 0. The molecule has 4 aromatic carbocycles. The van der Waals surface area contributed by atoms with Crippen molar-refractivity contribution in [1.29, 1.82) is 0 Å². The second-order valence-corrected chi connectivity index (χ2v) is 8.25. The molecule has 30 heavy (non-hydrogen) atoms. The highest BCUT2D eigenvalue weighted by molar-refractivity contribution is 7.61. The van der Waals surface area contributed by atoms with Crippen LogP contribution in [0.1, 0.15) is 0 Å². The van der Waals surface area contributed by atoms with Crippen molar-refractivity contribution in [2.75, 3.05) is 11.5 Å². The molecule has 0 unspecified atom stereocenters. The van der Waals surface area contributed by atoms with E-state index in [1.807, 2.05) is 24.3 Å². The van der Waals surface area contributed by atoms with Crippen molar-refractivity contribution in [3.63, 3.8) is 0 Å². The molecule has 148 valence electrons. The Kier molecular flexibility index (Phi) is 5.64. The number of anilines is 2. The van der Waals surface area contributed by atoms with Crippen molar-refractivity contribution >= 4 is 29.8 Å². The van der Waals surface area contributed by atoms with Crippen molar-refractivity contribution in [2.24, 2.45) is 0 Å². The van der Waals surface area contributed by atoms with Crippen LogP contribution in [-0.2, 0) is 4.57 Å². The van der Waals surface area contributed by atoms with Gasteiger partial charge in [-0.2, -0.15) is 0 Å². The van der Waals surface area contributed by atoms with Crippen LogP contribution in [-0.4, -0.2) is 0 Å². The lowest BCUT2D eigenvalue weighted by Gasteiger charge is -2.05. The Bertz CT molecular complexity index is 1050. The van der Waals surface area contributed by atoms with Crippen molar-refractivity contribution in [2.45, 2.75) is 0 Å².